The summed E-state index contributed by atoms with van der Waals surface area (Å²) < 4.78 is 0. The number of nitrogens with one attached hydrogen (secondary N) is 4. The summed E-state index contributed by atoms with van der Waals surface area (Å²) >= 11 is 0. The maximum atomic E-state index is 12.1. The first-order valence-corrected chi connectivity index (χ1v) is 9.24. The number of para-hydroxylation sites is 1. The zero-order chi connectivity index (χ0) is 22.3. The van der Waals surface area contributed by atoms with Gasteiger partial charge in [-0.3, -0.25) is 14.4 Å². The first kappa shape index (κ1) is 22.8. The highest BCUT2D eigenvalue weighted by Crippen LogP contribution is 2.19. The predicted molar refractivity (Wildman–Crippen MR) is 107 cm³/mol. The number of aliphatic hydroxyl groups is 1. The summed E-state index contributed by atoms with van der Waals surface area (Å²) in [6.07, 6.45) is 1.75. The monoisotopic (exact) mass is 419 g/mol. The topological polar surface area (TPSA) is 187 Å². The SMILES string of the molecule is CC(NC(=O)C(N)CO)C(=O)NCC(=O)NC(Cc1c[nH]c2ccccc12)C(=O)O. The van der Waals surface area contributed by atoms with Gasteiger partial charge in [-0.1, -0.05) is 18.2 Å². The minimum Gasteiger partial charge on any atom is -0.480 e. The van der Waals surface area contributed by atoms with Crippen molar-refractivity contribution in [1.29, 1.82) is 0 Å². The predicted octanol–water partition coefficient (Wildman–Crippen LogP) is -1.78. The minimum atomic E-state index is -1.21. The van der Waals surface area contributed by atoms with Crippen molar-refractivity contribution < 1.29 is 29.4 Å². The summed E-state index contributed by atoms with van der Waals surface area (Å²) in [5, 5.41) is 26.1. The van der Waals surface area contributed by atoms with E-state index in [1.54, 1.807) is 6.20 Å². The highest BCUT2D eigenvalue weighted by Gasteiger charge is 2.23. The average Bonchev–Trinajstić information content (AvgIpc) is 3.13. The minimum absolute atomic E-state index is 0.0601. The zero-order valence-corrected chi connectivity index (χ0v) is 16.3. The molecule has 8 N–H and O–H groups in total. The van der Waals surface area contributed by atoms with Crippen molar-refractivity contribution in [2.45, 2.75) is 31.5 Å². The van der Waals surface area contributed by atoms with Gasteiger partial charge < -0.3 is 36.9 Å². The maximum absolute atomic E-state index is 12.1. The first-order valence-electron chi connectivity index (χ1n) is 9.24. The summed E-state index contributed by atoms with van der Waals surface area (Å²) in [7, 11) is 0. The third-order valence-electron chi connectivity index (χ3n) is 4.44. The van der Waals surface area contributed by atoms with Crippen molar-refractivity contribution in [3.63, 3.8) is 0 Å². The number of benzene rings is 1. The number of aromatic nitrogens is 1. The molecular formula is C19H25N5O6. The molecule has 0 fully saturated rings. The summed E-state index contributed by atoms with van der Waals surface area (Å²) in [5.74, 6) is -3.28. The molecule has 2 rings (SSSR count). The fourth-order valence-electron chi connectivity index (χ4n) is 2.76. The molecule has 162 valence electrons. The summed E-state index contributed by atoms with van der Waals surface area (Å²) in [6.45, 7) is 0.338. The number of aliphatic hydroxyl groups excluding tert-OH is 1. The normalized spacial score (nSPS) is 13.8. The molecule has 11 heteroatoms. The Morgan fingerprint density at radius 1 is 1.13 bits per heavy atom. The van der Waals surface area contributed by atoms with Crippen LogP contribution in [0.4, 0.5) is 0 Å². The van der Waals surface area contributed by atoms with E-state index < -0.39 is 55.0 Å². The van der Waals surface area contributed by atoms with Crippen LogP contribution in [0.1, 0.15) is 12.5 Å². The molecule has 1 aromatic heterocycles. The molecular weight excluding hydrogens is 394 g/mol. The molecule has 0 aliphatic carbocycles. The number of carboxylic acids is 1. The Balaban J connectivity index is 1.89. The van der Waals surface area contributed by atoms with Gasteiger partial charge in [0, 0.05) is 23.5 Å². The van der Waals surface area contributed by atoms with E-state index >= 15 is 0 Å². The number of fused-ring (bicyclic) bond motifs is 1. The number of amides is 3. The zero-order valence-electron chi connectivity index (χ0n) is 16.3. The summed E-state index contributed by atoms with van der Waals surface area (Å²) in [6, 6.07) is 4.04. The fraction of sp³-hybridized carbons (Fsp3) is 0.368. The van der Waals surface area contributed by atoms with E-state index in [2.05, 4.69) is 20.9 Å². The number of aliphatic carboxylic acids is 1. The van der Waals surface area contributed by atoms with Crippen molar-refractivity contribution in [2.75, 3.05) is 13.2 Å². The molecule has 30 heavy (non-hydrogen) atoms. The largest absolute Gasteiger partial charge is 0.480 e. The first-order chi connectivity index (χ1) is 14.2. The lowest BCUT2D eigenvalue weighted by Crippen LogP contribution is -2.53. The Morgan fingerprint density at radius 3 is 2.50 bits per heavy atom. The van der Waals surface area contributed by atoms with Crippen LogP contribution in [0, 0.1) is 0 Å². The summed E-state index contributed by atoms with van der Waals surface area (Å²) in [4.78, 5) is 50.3. The van der Waals surface area contributed by atoms with E-state index in [4.69, 9.17) is 10.8 Å². The number of hydrogen-bond acceptors (Lipinski definition) is 6. The Bertz CT molecular complexity index is 927. The van der Waals surface area contributed by atoms with Gasteiger partial charge in [-0.15, -0.1) is 0 Å². The maximum Gasteiger partial charge on any atom is 0.326 e. The number of carboxylic acid groups (broad SMARTS) is 1. The van der Waals surface area contributed by atoms with Crippen molar-refractivity contribution in [1.82, 2.24) is 20.9 Å². The Labute approximate surface area is 172 Å². The highest BCUT2D eigenvalue weighted by atomic mass is 16.4. The van der Waals surface area contributed by atoms with Gasteiger partial charge in [0.2, 0.25) is 17.7 Å². The molecule has 3 unspecified atom stereocenters. The Morgan fingerprint density at radius 2 is 1.83 bits per heavy atom. The van der Waals surface area contributed by atoms with Gasteiger partial charge in [0.25, 0.3) is 0 Å². The van der Waals surface area contributed by atoms with Crippen molar-refractivity contribution >= 4 is 34.6 Å². The number of carbonyl (C=O) groups is 4. The van der Waals surface area contributed by atoms with Gasteiger partial charge in [0.15, 0.2) is 0 Å². The number of aromatic amines is 1. The second-order valence-corrected chi connectivity index (χ2v) is 6.76. The van der Waals surface area contributed by atoms with Crippen molar-refractivity contribution in [3.05, 3.63) is 36.0 Å². The van der Waals surface area contributed by atoms with E-state index in [0.717, 1.165) is 16.5 Å². The number of nitrogens with two attached hydrogens (primary N) is 1. The molecule has 0 saturated heterocycles. The van der Waals surface area contributed by atoms with Crippen LogP contribution in [0.2, 0.25) is 0 Å². The number of H-pyrrole nitrogens is 1. The molecule has 11 nitrogen and oxygen atoms in total. The lowest BCUT2D eigenvalue weighted by molar-refractivity contribution is -0.141. The number of hydrogen-bond donors (Lipinski definition) is 7. The third-order valence-corrected chi connectivity index (χ3v) is 4.44. The van der Waals surface area contributed by atoms with Gasteiger partial charge in [-0.25, -0.2) is 4.79 Å². The van der Waals surface area contributed by atoms with Crippen LogP contribution in [0.25, 0.3) is 10.9 Å². The van der Waals surface area contributed by atoms with E-state index in [-0.39, 0.29) is 6.42 Å². The van der Waals surface area contributed by atoms with Crippen LogP contribution < -0.4 is 21.7 Å². The number of rotatable bonds is 10. The third kappa shape index (κ3) is 6.03. The van der Waals surface area contributed by atoms with Crippen molar-refractivity contribution in [3.8, 4) is 0 Å². The van der Waals surface area contributed by atoms with Crippen LogP contribution in [0.5, 0.6) is 0 Å². The Hall–Kier alpha value is -3.44. The molecule has 3 amide bonds. The van der Waals surface area contributed by atoms with E-state index in [1.807, 2.05) is 24.3 Å². The molecule has 0 aliphatic heterocycles. The lowest BCUT2D eigenvalue weighted by atomic mass is 10.0. The quantitative estimate of drug-likeness (QED) is 0.237. The van der Waals surface area contributed by atoms with Gasteiger partial charge >= 0.3 is 5.97 Å². The van der Waals surface area contributed by atoms with Crippen molar-refractivity contribution in [2.24, 2.45) is 5.73 Å². The molecule has 0 bridgehead atoms. The van der Waals surface area contributed by atoms with Gasteiger partial charge in [0.1, 0.15) is 18.1 Å². The van der Waals surface area contributed by atoms with Crippen LogP contribution in [-0.2, 0) is 25.6 Å². The molecule has 2 aromatic rings. The van der Waals surface area contributed by atoms with E-state index in [1.165, 1.54) is 6.92 Å². The molecule has 0 spiro atoms. The second kappa shape index (κ2) is 10.4. The molecule has 0 aliphatic rings. The van der Waals surface area contributed by atoms with Crippen LogP contribution in [0.3, 0.4) is 0 Å². The van der Waals surface area contributed by atoms with Crippen LogP contribution >= 0.6 is 0 Å². The lowest BCUT2D eigenvalue weighted by Gasteiger charge is -2.17. The fourth-order valence-corrected chi connectivity index (χ4v) is 2.76. The van der Waals surface area contributed by atoms with Gasteiger partial charge in [0.05, 0.1) is 13.2 Å². The summed E-state index contributed by atoms with van der Waals surface area (Å²) in [5.41, 5.74) is 6.93. The molecule has 1 aromatic carbocycles. The molecule has 0 saturated carbocycles. The standard InChI is InChI=1S/C19H25N5O6/c1-10(23-18(28)13(20)9-25)17(27)22-8-16(26)24-15(19(29)30)6-11-7-21-14-5-3-2-4-12(11)14/h2-5,7,10,13,15,21,25H,6,8-9,20H2,1H3,(H,22,27)(H,23,28)(H,24,26)(H,29,30). The average molecular weight is 419 g/mol. The molecule has 0 radical (unpaired) electrons. The molecule has 1 heterocycles. The van der Waals surface area contributed by atoms with Gasteiger partial charge in [-0.05, 0) is 18.6 Å². The van der Waals surface area contributed by atoms with Crippen LogP contribution in [0.15, 0.2) is 30.5 Å². The highest BCUT2D eigenvalue weighted by molar-refractivity contribution is 5.92. The second-order valence-electron chi connectivity index (χ2n) is 6.76. The Kier molecular flexibility index (Phi) is 7.90. The van der Waals surface area contributed by atoms with Crippen LogP contribution in [-0.4, -0.2) is 70.2 Å². The van der Waals surface area contributed by atoms with E-state index in [9.17, 15) is 24.3 Å². The number of carbonyl (C=O) groups excluding carboxylic acids is 3. The van der Waals surface area contributed by atoms with Gasteiger partial charge in [-0.2, -0.15) is 0 Å². The van der Waals surface area contributed by atoms with E-state index in [0.29, 0.717) is 0 Å². The molecule has 3 atom stereocenters. The smallest absolute Gasteiger partial charge is 0.326 e.